The van der Waals surface area contributed by atoms with E-state index < -0.39 is 11.4 Å². The second-order valence-corrected chi connectivity index (χ2v) is 4.34. The third kappa shape index (κ3) is 2.94. The zero-order valence-electron chi connectivity index (χ0n) is 9.72. The molecule has 0 saturated carbocycles. The minimum absolute atomic E-state index is 0.0285. The van der Waals surface area contributed by atoms with Crippen LogP contribution in [0.25, 0.3) is 0 Å². The fraction of sp³-hybridized carbons (Fsp3) is 0.0833. The summed E-state index contributed by atoms with van der Waals surface area (Å²) in [5.41, 5.74) is 5.62. The minimum atomic E-state index is -0.472. The number of thiocarbonyl (C=S) groups is 1. The molecule has 0 atom stereocenters. The molecule has 0 aliphatic heterocycles. The van der Waals surface area contributed by atoms with Gasteiger partial charge in [0, 0.05) is 17.7 Å². The molecule has 1 aromatic carbocycles. The first-order valence-corrected chi connectivity index (χ1v) is 5.76. The number of nitrogens with one attached hydrogen (secondary N) is 1. The van der Waals surface area contributed by atoms with Gasteiger partial charge < -0.3 is 5.73 Å². The van der Waals surface area contributed by atoms with E-state index in [4.69, 9.17) is 18.0 Å². The highest BCUT2D eigenvalue weighted by atomic mass is 32.1. The lowest BCUT2D eigenvalue weighted by atomic mass is 10.1. The number of nitrogens with two attached hydrogens (primary N) is 1. The summed E-state index contributed by atoms with van der Waals surface area (Å²) < 4.78 is 14.3. The van der Waals surface area contributed by atoms with Gasteiger partial charge in [0.2, 0.25) is 0 Å². The molecule has 0 fully saturated rings. The lowest BCUT2D eigenvalue weighted by Crippen LogP contribution is -2.29. The average molecular weight is 279 g/mol. The van der Waals surface area contributed by atoms with E-state index in [1.165, 1.54) is 18.2 Å². The van der Waals surface area contributed by atoms with Crippen LogP contribution in [0.2, 0.25) is 0 Å². The van der Waals surface area contributed by atoms with Crippen LogP contribution in [0.5, 0.6) is 0 Å². The number of hydrogen-bond acceptors (Lipinski definition) is 3. The third-order valence-corrected chi connectivity index (χ3v) is 2.77. The number of aromatic amines is 1. The van der Waals surface area contributed by atoms with Gasteiger partial charge in [0.25, 0.3) is 11.1 Å². The molecule has 1 aromatic heterocycles. The highest BCUT2D eigenvalue weighted by Gasteiger charge is 2.08. The normalized spacial score (nSPS) is 10.4. The molecule has 3 N–H and O–H groups in total. The van der Waals surface area contributed by atoms with Gasteiger partial charge >= 0.3 is 0 Å². The van der Waals surface area contributed by atoms with Gasteiger partial charge in [-0.05, 0) is 17.7 Å². The van der Waals surface area contributed by atoms with Gasteiger partial charge in [0.1, 0.15) is 10.8 Å². The summed E-state index contributed by atoms with van der Waals surface area (Å²) in [6, 6.07) is 6.20. The predicted octanol–water partition coefficient (Wildman–Crippen LogP) is 0.358. The molecule has 0 aliphatic carbocycles. The maximum atomic E-state index is 13.1. The van der Waals surface area contributed by atoms with E-state index in [2.05, 4.69) is 5.10 Å². The lowest BCUT2D eigenvalue weighted by molar-refractivity contribution is 0.614. The molecular weight excluding hydrogens is 269 g/mol. The van der Waals surface area contributed by atoms with Crippen molar-refractivity contribution >= 4 is 17.2 Å². The summed E-state index contributed by atoms with van der Waals surface area (Å²) in [5.74, 6) is -0.472. The molecule has 0 unspecified atom stereocenters. The largest absolute Gasteiger partial charge is 0.389 e. The molecular formula is C12H10FN3O2S. The SMILES string of the molecule is NC(=S)c1cc(F)ccc1Cn1[nH]c(=O)ccc1=O. The van der Waals surface area contributed by atoms with E-state index in [1.807, 2.05) is 0 Å². The number of H-pyrrole nitrogens is 1. The molecule has 98 valence electrons. The highest BCUT2D eigenvalue weighted by molar-refractivity contribution is 7.80. The Labute approximate surface area is 112 Å². The van der Waals surface area contributed by atoms with E-state index in [1.54, 1.807) is 0 Å². The molecule has 0 bridgehead atoms. The number of aromatic nitrogens is 2. The van der Waals surface area contributed by atoms with Crippen molar-refractivity contribution in [2.45, 2.75) is 6.54 Å². The van der Waals surface area contributed by atoms with Crippen LogP contribution in [0.4, 0.5) is 4.39 Å². The summed E-state index contributed by atoms with van der Waals surface area (Å²) in [6.07, 6.45) is 0. The molecule has 0 saturated heterocycles. The molecule has 0 radical (unpaired) electrons. The number of hydrogen-bond donors (Lipinski definition) is 2. The molecule has 5 nitrogen and oxygen atoms in total. The van der Waals surface area contributed by atoms with Crippen LogP contribution in [-0.2, 0) is 6.54 Å². The quantitative estimate of drug-likeness (QED) is 0.795. The van der Waals surface area contributed by atoms with Crippen molar-refractivity contribution in [3.63, 3.8) is 0 Å². The third-order valence-electron chi connectivity index (χ3n) is 2.55. The molecule has 2 rings (SSSR count). The van der Waals surface area contributed by atoms with Crippen LogP contribution < -0.4 is 16.9 Å². The van der Waals surface area contributed by atoms with Crippen molar-refractivity contribution in [1.82, 2.24) is 9.78 Å². The first kappa shape index (κ1) is 13.2. The highest BCUT2D eigenvalue weighted by Crippen LogP contribution is 2.12. The predicted molar refractivity (Wildman–Crippen MR) is 72.7 cm³/mol. The van der Waals surface area contributed by atoms with Crippen LogP contribution in [-0.4, -0.2) is 14.8 Å². The summed E-state index contributed by atoms with van der Waals surface area (Å²) in [4.78, 5) is 22.8. The van der Waals surface area contributed by atoms with Crippen LogP contribution in [0.15, 0.2) is 39.9 Å². The summed E-state index contributed by atoms with van der Waals surface area (Å²) in [5, 5.41) is 2.38. The van der Waals surface area contributed by atoms with Crippen molar-refractivity contribution in [2.75, 3.05) is 0 Å². The molecule has 1 heterocycles. The molecule has 0 spiro atoms. The van der Waals surface area contributed by atoms with Gasteiger partial charge in [-0.25, -0.2) is 9.07 Å². The topological polar surface area (TPSA) is 80.9 Å². The van der Waals surface area contributed by atoms with Crippen molar-refractivity contribution in [3.05, 3.63) is 68.0 Å². The van der Waals surface area contributed by atoms with Crippen LogP contribution in [0, 0.1) is 5.82 Å². The minimum Gasteiger partial charge on any atom is -0.389 e. The smallest absolute Gasteiger partial charge is 0.265 e. The van der Waals surface area contributed by atoms with Crippen LogP contribution in [0.1, 0.15) is 11.1 Å². The fourth-order valence-electron chi connectivity index (χ4n) is 1.67. The Balaban J connectivity index is 2.49. The van der Waals surface area contributed by atoms with E-state index in [0.717, 1.165) is 16.8 Å². The number of benzene rings is 1. The first-order valence-electron chi connectivity index (χ1n) is 5.36. The zero-order chi connectivity index (χ0) is 14.0. The maximum Gasteiger partial charge on any atom is 0.265 e. The van der Waals surface area contributed by atoms with Gasteiger partial charge in [0.05, 0.1) is 6.54 Å². The number of halogens is 1. The molecule has 0 amide bonds. The Morgan fingerprint density at radius 3 is 2.74 bits per heavy atom. The number of rotatable bonds is 3. The second-order valence-electron chi connectivity index (χ2n) is 3.90. The van der Waals surface area contributed by atoms with Crippen LogP contribution >= 0.6 is 12.2 Å². The Hall–Kier alpha value is -2.28. The lowest BCUT2D eigenvalue weighted by Gasteiger charge is -2.10. The van der Waals surface area contributed by atoms with E-state index in [9.17, 15) is 14.0 Å². The van der Waals surface area contributed by atoms with Gasteiger partial charge in [0.15, 0.2) is 0 Å². The Morgan fingerprint density at radius 2 is 2.05 bits per heavy atom. The average Bonchev–Trinajstić information content (AvgIpc) is 2.35. The van der Waals surface area contributed by atoms with Crippen molar-refractivity contribution < 1.29 is 4.39 Å². The zero-order valence-corrected chi connectivity index (χ0v) is 10.5. The summed E-state index contributed by atoms with van der Waals surface area (Å²) in [6.45, 7) is 0.0574. The van der Waals surface area contributed by atoms with Crippen LogP contribution in [0.3, 0.4) is 0 Å². The van der Waals surface area contributed by atoms with Crippen molar-refractivity contribution in [2.24, 2.45) is 5.73 Å². The van der Waals surface area contributed by atoms with Gasteiger partial charge in [-0.2, -0.15) is 0 Å². The molecule has 7 heteroatoms. The first-order chi connectivity index (χ1) is 8.97. The standard InChI is InChI=1S/C12H10FN3O2S/c13-8-2-1-7(9(5-8)12(14)19)6-16-11(18)4-3-10(17)15-16/h1-5H,6H2,(H2,14,19)(H,15,17). The second kappa shape index (κ2) is 5.15. The van der Waals surface area contributed by atoms with Gasteiger partial charge in [-0.1, -0.05) is 18.3 Å². The van der Waals surface area contributed by atoms with E-state index in [-0.39, 0.29) is 17.1 Å². The maximum absolute atomic E-state index is 13.1. The van der Waals surface area contributed by atoms with E-state index in [0.29, 0.717) is 11.1 Å². The fourth-order valence-corrected chi connectivity index (χ4v) is 1.86. The molecule has 0 aliphatic rings. The molecule has 19 heavy (non-hydrogen) atoms. The Kier molecular flexibility index (Phi) is 3.57. The van der Waals surface area contributed by atoms with E-state index >= 15 is 0 Å². The Morgan fingerprint density at radius 1 is 1.32 bits per heavy atom. The van der Waals surface area contributed by atoms with Gasteiger partial charge in [-0.15, -0.1) is 0 Å². The van der Waals surface area contributed by atoms with Crippen molar-refractivity contribution in [3.8, 4) is 0 Å². The van der Waals surface area contributed by atoms with Gasteiger partial charge in [-0.3, -0.25) is 14.7 Å². The summed E-state index contributed by atoms with van der Waals surface area (Å²) >= 11 is 4.84. The number of nitrogens with zero attached hydrogens (tertiary/aromatic N) is 1. The Bertz CT molecular complexity index is 751. The summed E-state index contributed by atoms with van der Waals surface area (Å²) in [7, 11) is 0. The molecule has 2 aromatic rings. The monoisotopic (exact) mass is 279 g/mol. The van der Waals surface area contributed by atoms with Crippen molar-refractivity contribution in [1.29, 1.82) is 0 Å².